The number of amides is 3. The van der Waals surface area contributed by atoms with Crippen molar-refractivity contribution >= 4 is 46.6 Å². The van der Waals surface area contributed by atoms with Crippen LogP contribution in [-0.2, 0) is 24.1 Å². The second-order valence-corrected chi connectivity index (χ2v) is 8.73. The Labute approximate surface area is 202 Å². The van der Waals surface area contributed by atoms with Crippen LogP contribution in [0.2, 0.25) is 10.0 Å². The van der Waals surface area contributed by atoms with Crippen molar-refractivity contribution in [1.82, 2.24) is 15.1 Å². The van der Waals surface area contributed by atoms with Crippen LogP contribution in [0.15, 0.2) is 42.5 Å². The number of fused-ring (bicyclic) bond motifs is 1. The van der Waals surface area contributed by atoms with Gasteiger partial charge in [-0.15, -0.1) is 0 Å². The first-order valence-electron chi connectivity index (χ1n) is 10.9. The maximum atomic E-state index is 12.8. The number of carbonyl (C=O) groups excluding carboxylic acids is 2. The Hall–Kier alpha value is -3.03. The van der Waals surface area contributed by atoms with Gasteiger partial charge in [0.15, 0.2) is 0 Å². The van der Waals surface area contributed by atoms with E-state index in [1.54, 1.807) is 22.9 Å². The summed E-state index contributed by atoms with van der Waals surface area (Å²) in [5.41, 5.74) is 4.23. The van der Waals surface area contributed by atoms with Crippen molar-refractivity contribution in [3.8, 4) is 5.69 Å². The molecule has 2 heterocycles. The van der Waals surface area contributed by atoms with Gasteiger partial charge >= 0.3 is 6.03 Å². The number of unbranched alkanes of at least 4 members (excludes halogenated alkanes) is 1. The molecule has 172 valence electrons. The first kappa shape index (κ1) is 23.1. The molecular formula is C24H25Cl2N5O2. The highest BCUT2D eigenvalue weighted by Gasteiger charge is 2.17. The Morgan fingerprint density at radius 1 is 1.15 bits per heavy atom. The highest BCUT2D eigenvalue weighted by molar-refractivity contribution is 6.44. The molecule has 0 unspecified atom stereocenters. The highest BCUT2D eigenvalue weighted by atomic mass is 35.5. The topological polar surface area (TPSA) is 88.0 Å². The maximum absolute atomic E-state index is 12.8. The molecule has 0 bridgehead atoms. The van der Waals surface area contributed by atoms with Gasteiger partial charge in [-0.05, 0) is 54.7 Å². The third kappa shape index (κ3) is 5.49. The van der Waals surface area contributed by atoms with E-state index in [1.807, 2.05) is 24.3 Å². The van der Waals surface area contributed by atoms with Crippen LogP contribution in [0.25, 0.3) is 5.69 Å². The number of halogens is 2. The SMILES string of the molecule is CCCCc1cc(NC(=O)Nc2cccc(Cl)c2Cl)n(-c2ccc3c(c2)CCNC(=O)C3)n1. The van der Waals surface area contributed by atoms with Crippen molar-refractivity contribution in [1.29, 1.82) is 0 Å². The van der Waals surface area contributed by atoms with Crippen LogP contribution in [0.4, 0.5) is 16.3 Å². The van der Waals surface area contributed by atoms with Gasteiger partial charge in [0, 0.05) is 12.6 Å². The van der Waals surface area contributed by atoms with E-state index in [2.05, 4.69) is 22.9 Å². The van der Waals surface area contributed by atoms with Crippen LogP contribution >= 0.6 is 23.2 Å². The lowest BCUT2D eigenvalue weighted by Gasteiger charge is -2.13. The smallest absolute Gasteiger partial charge is 0.324 e. The first-order chi connectivity index (χ1) is 15.9. The molecule has 4 rings (SSSR count). The number of hydrogen-bond acceptors (Lipinski definition) is 3. The molecule has 7 nitrogen and oxygen atoms in total. The number of carbonyl (C=O) groups is 2. The first-order valence-corrected chi connectivity index (χ1v) is 11.7. The Kier molecular flexibility index (Phi) is 7.20. The van der Waals surface area contributed by atoms with E-state index in [9.17, 15) is 9.59 Å². The maximum Gasteiger partial charge on any atom is 0.324 e. The Morgan fingerprint density at radius 3 is 2.82 bits per heavy atom. The molecule has 3 amide bonds. The average Bonchev–Trinajstić information content (AvgIpc) is 3.08. The van der Waals surface area contributed by atoms with Crippen LogP contribution in [0, 0.1) is 0 Å². The number of anilines is 2. The summed E-state index contributed by atoms with van der Waals surface area (Å²) in [6.07, 6.45) is 3.96. The lowest BCUT2D eigenvalue weighted by Crippen LogP contribution is -2.24. The van der Waals surface area contributed by atoms with Crippen molar-refractivity contribution in [3.05, 3.63) is 69.3 Å². The second-order valence-electron chi connectivity index (χ2n) is 7.95. The summed E-state index contributed by atoms with van der Waals surface area (Å²) in [5.74, 6) is 0.570. The van der Waals surface area contributed by atoms with Crippen molar-refractivity contribution in [2.45, 2.75) is 39.0 Å². The third-order valence-electron chi connectivity index (χ3n) is 5.49. The van der Waals surface area contributed by atoms with Crippen LogP contribution in [-0.4, -0.2) is 28.3 Å². The van der Waals surface area contributed by atoms with Gasteiger partial charge in [0.05, 0.1) is 33.5 Å². The summed E-state index contributed by atoms with van der Waals surface area (Å²) in [6, 6.07) is 12.4. The van der Waals surface area contributed by atoms with E-state index in [1.165, 1.54) is 0 Å². The summed E-state index contributed by atoms with van der Waals surface area (Å²) >= 11 is 12.2. The van der Waals surface area contributed by atoms with Crippen LogP contribution in [0.1, 0.15) is 36.6 Å². The molecule has 0 saturated heterocycles. The zero-order valence-corrected chi connectivity index (χ0v) is 19.8. The standard InChI is InChI=1S/C24H25Cl2N5O2/c1-2-3-5-17-14-21(29-24(33)28-20-7-4-6-19(25)23(20)26)31(30-17)18-9-8-15-13-22(32)27-11-10-16(15)12-18/h4,6-9,12,14H,2-3,5,10-11,13H2,1H3,(H,27,32)(H2,28,29,33). The zero-order chi connectivity index (χ0) is 23.4. The summed E-state index contributed by atoms with van der Waals surface area (Å²) in [7, 11) is 0. The van der Waals surface area contributed by atoms with Gasteiger partial charge in [0.25, 0.3) is 0 Å². The molecule has 0 atom stereocenters. The minimum absolute atomic E-state index is 0.0288. The van der Waals surface area contributed by atoms with Crippen molar-refractivity contribution in [2.75, 3.05) is 17.2 Å². The Balaban J connectivity index is 1.62. The van der Waals surface area contributed by atoms with E-state index in [0.29, 0.717) is 29.5 Å². The van der Waals surface area contributed by atoms with Gasteiger partial charge in [0.1, 0.15) is 5.82 Å². The van der Waals surface area contributed by atoms with E-state index in [0.717, 1.165) is 48.2 Å². The highest BCUT2D eigenvalue weighted by Crippen LogP contribution is 2.30. The van der Waals surface area contributed by atoms with Crippen LogP contribution < -0.4 is 16.0 Å². The molecule has 0 aliphatic carbocycles. The molecular weight excluding hydrogens is 461 g/mol. The molecule has 3 N–H and O–H groups in total. The number of hydrogen-bond donors (Lipinski definition) is 3. The van der Waals surface area contributed by atoms with E-state index < -0.39 is 6.03 Å². The molecule has 1 aromatic heterocycles. The van der Waals surface area contributed by atoms with E-state index in [4.69, 9.17) is 28.3 Å². The predicted molar refractivity (Wildman–Crippen MR) is 132 cm³/mol. The number of benzene rings is 2. The normalized spacial score (nSPS) is 13.1. The molecule has 0 fully saturated rings. The van der Waals surface area contributed by atoms with Gasteiger partial charge in [-0.25, -0.2) is 9.48 Å². The van der Waals surface area contributed by atoms with E-state index in [-0.39, 0.29) is 10.9 Å². The molecule has 9 heteroatoms. The molecule has 0 spiro atoms. The summed E-state index contributed by atoms with van der Waals surface area (Å²) in [5, 5.41) is 13.9. The van der Waals surface area contributed by atoms with Gasteiger partial charge in [0.2, 0.25) is 5.91 Å². The lowest BCUT2D eigenvalue weighted by atomic mass is 10.0. The summed E-state index contributed by atoms with van der Waals surface area (Å²) in [4.78, 5) is 24.6. The van der Waals surface area contributed by atoms with Crippen molar-refractivity contribution in [3.63, 3.8) is 0 Å². The lowest BCUT2D eigenvalue weighted by molar-refractivity contribution is -0.120. The largest absolute Gasteiger partial charge is 0.355 e. The number of nitrogens with zero attached hydrogens (tertiary/aromatic N) is 2. The predicted octanol–water partition coefficient (Wildman–Crippen LogP) is 5.38. The monoisotopic (exact) mass is 485 g/mol. The molecule has 0 saturated carbocycles. The average molecular weight is 486 g/mol. The number of aryl methyl sites for hydroxylation is 1. The fourth-order valence-corrected chi connectivity index (χ4v) is 4.14. The Bertz CT molecular complexity index is 1190. The van der Waals surface area contributed by atoms with Gasteiger partial charge in [-0.2, -0.15) is 5.10 Å². The minimum Gasteiger partial charge on any atom is -0.355 e. The van der Waals surface area contributed by atoms with E-state index >= 15 is 0 Å². The molecule has 2 aromatic carbocycles. The van der Waals surface area contributed by atoms with Gasteiger partial charge in [-0.1, -0.05) is 48.7 Å². The molecule has 3 aromatic rings. The zero-order valence-electron chi connectivity index (χ0n) is 18.3. The number of aromatic nitrogens is 2. The van der Waals surface area contributed by atoms with Crippen LogP contribution in [0.5, 0.6) is 0 Å². The Morgan fingerprint density at radius 2 is 2.00 bits per heavy atom. The van der Waals surface area contributed by atoms with Gasteiger partial charge < -0.3 is 10.6 Å². The number of urea groups is 1. The number of nitrogens with one attached hydrogen (secondary N) is 3. The fourth-order valence-electron chi connectivity index (χ4n) is 3.79. The molecule has 33 heavy (non-hydrogen) atoms. The van der Waals surface area contributed by atoms with Crippen molar-refractivity contribution in [2.24, 2.45) is 0 Å². The second kappa shape index (κ2) is 10.3. The summed E-state index contributed by atoms with van der Waals surface area (Å²) in [6.45, 7) is 2.73. The third-order valence-corrected chi connectivity index (χ3v) is 6.31. The fraction of sp³-hybridized carbons (Fsp3) is 0.292. The van der Waals surface area contributed by atoms with Crippen LogP contribution in [0.3, 0.4) is 0 Å². The van der Waals surface area contributed by atoms with Gasteiger partial charge in [-0.3, -0.25) is 10.1 Å². The molecule has 1 aliphatic rings. The number of rotatable bonds is 6. The quantitative estimate of drug-likeness (QED) is 0.437. The molecule has 0 radical (unpaired) electrons. The van der Waals surface area contributed by atoms with Crippen molar-refractivity contribution < 1.29 is 9.59 Å². The minimum atomic E-state index is -0.452. The summed E-state index contributed by atoms with van der Waals surface area (Å²) < 4.78 is 1.73. The molecule has 1 aliphatic heterocycles.